The molecule has 0 saturated carbocycles. The van der Waals surface area contributed by atoms with Crippen LogP contribution in [-0.2, 0) is 14.8 Å². The summed E-state index contributed by atoms with van der Waals surface area (Å²) in [6.45, 7) is 2.91. The average Bonchev–Trinajstić information content (AvgIpc) is 2.25. The first-order valence-corrected chi connectivity index (χ1v) is 6.95. The third-order valence-corrected chi connectivity index (χ3v) is 3.92. The van der Waals surface area contributed by atoms with E-state index in [-0.39, 0.29) is 5.91 Å². The molecule has 3 N–H and O–H groups in total. The molecule has 1 aliphatic rings. The Hall–Kier alpha value is -0.700. The van der Waals surface area contributed by atoms with E-state index in [0.717, 1.165) is 0 Å². The number of rotatable bonds is 4. The van der Waals surface area contributed by atoms with Crippen LogP contribution in [0.2, 0.25) is 0 Å². The minimum Gasteiger partial charge on any atom is -0.300 e. The zero-order chi connectivity index (χ0) is 12.2. The van der Waals surface area contributed by atoms with Crippen molar-refractivity contribution in [3.05, 3.63) is 0 Å². The predicted octanol–water partition coefficient (Wildman–Crippen LogP) is -2.06. The summed E-state index contributed by atoms with van der Waals surface area (Å²) in [5, 5.41) is 0. The zero-order valence-electron chi connectivity index (χ0n) is 9.35. The quantitative estimate of drug-likeness (QED) is 0.340. The fraction of sp³-hybridized carbons (Fsp3) is 0.875. The molecule has 0 spiro atoms. The van der Waals surface area contributed by atoms with E-state index in [1.807, 2.05) is 0 Å². The lowest BCUT2D eigenvalue weighted by atomic mass is 10.3. The monoisotopic (exact) mass is 250 g/mol. The SMILES string of the molecule is CS(=O)(=O)N1CCN(CCC(=O)NN)CC1. The van der Waals surface area contributed by atoms with Crippen LogP contribution >= 0.6 is 0 Å². The molecule has 0 aromatic rings. The number of hydrogen-bond donors (Lipinski definition) is 2. The van der Waals surface area contributed by atoms with Crippen LogP contribution in [0.5, 0.6) is 0 Å². The maximum atomic E-state index is 11.2. The summed E-state index contributed by atoms with van der Waals surface area (Å²) in [6, 6.07) is 0. The van der Waals surface area contributed by atoms with Gasteiger partial charge in [-0.05, 0) is 0 Å². The number of carbonyl (C=O) groups is 1. The summed E-state index contributed by atoms with van der Waals surface area (Å²) in [4.78, 5) is 13.0. The van der Waals surface area contributed by atoms with Crippen LogP contribution in [-0.4, -0.2) is 62.5 Å². The van der Waals surface area contributed by atoms with Crippen molar-refractivity contribution in [2.45, 2.75) is 6.42 Å². The van der Waals surface area contributed by atoms with E-state index in [1.54, 1.807) is 0 Å². The van der Waals surface area contributed by atoms with Crippen LogP contribution < -0.4 is 11.3 Å². The van der Waals surface area contributed by atoms with Crippen LogP contribution in [0, 0.1) is 0 Å². The second-order valence-electron chi connectivity index (χ2n) is 3.82. The van der Waals surface area contributed by atoms with Gasteiger partial charge in [0.25, 0.3) is 0 Å². The molecule has 16 heavy (non-hydrogen) atoms. The molecule has 0 atom stereocenters. The molecule has 1 aliphatic heterocycles. The van der Waals surface area contributed by atoms with Gasteiger partial charge in [0, 0.05) is 39.1 Å². The molecule has 1 amide bonds. The smallest absolute Gasteiger partial charge is 0.235 e. The summed E-state index contributed by atoms with van der Waals surface area (Å²) in [5.74, 6) is 4.76. The van der Waals surface area contributed by atoms with Gasteiger partial charge in [-0.3, -0.25) is 10.2 Å². The lowest BCUT2D eigenvalue weighted by molar-refractivity contribution is -0.121. The van der Waals surface area contributed by atoms with Gasteiger partial charge in [0.15, 0.2) is 0 Å². The molecule has 8 heteroatoms. The van der Waals surface area contributed by atoms with E-state index in [1.165, 1.54) is 10.6 Å². The Balaban J connectivity index is 2.30. The van der Waals surface area contributed by atoms with E-state index < -0.39 is 10.0 Å². The third-order valence-electron chi connectivity index (χ3n) is 2.62. The highest BCUT2D eigenvalue weighted by atomic mass is 32.2. The van der Waals surface area contributed by atoms with Crippen molar-refractivity contribution in [1.29, 1.82) is 0 Å². The Morgan fingerprint density at radius 2 is 1.88 bits per heavy atom. The number of nitrogens with one attached hydrogen (secondary N) is 1. The van der Waals surface area contributed by atoms with Gasteiger partial charge in [0.1, 0.15) is 0 Å². The highest BCUT2D eigenvalue weighted by Gasteiger charge is 2.23. The molecular weight excluding hydrogens is 232 g/mol. The maximum Gasteiger partial charge on any atom is 0.235 e. The molecule has 0 aliphatic carbocycles. The minimum absolute atomic E-state index is 0.203. The van der Waals surface area contributed by atoms with E-state index in [2.05, 4.69) is 10.3 Å². The molecule has 7 nitrogen and oxygen atoms in total. The van der Waals surface area contributed by atoms with Crippen molar-refractivity contribution in [2.75, 3.05) is 39.0 Å². The van der Waals surface area contributed by atoms with Crippen LogP contribution in [0.25, 0.3) is 0 Å². The first-order valence-electron chi connectivity index (χ1n) is 5.10. The van der Waals surface area contributed by atoms with Crippen molar-refractivity contribution in [1.82, 2.24) is 14.6 Å². The number of amides is 1. The highest BCUT2D eigenvalue weighted by Crippen LogP contribution is 2.06. The van der Waals surface area contributed by atoms with E-state index in [9.17, 15) is 13.2 Å². The lowest BCUT2D eigenvalue weighted by Crippen LogP contribution is -2.49. The van der Waals surface area contributed by atoms with Gasteiger partial charge in [-0.2, -0.15) is 4.31 Å². The molecule has 0 aromatic carbocycles. The first-order chi connectivity index (χ1) is 7.43. The Bertz CT molecular complexity index is 335. The number of nitrogens with zero attached hydrogens (tertiary/aromatic N) is 2. The van der Waals surface area contributed by atoms with Gasteiger partial charge in [-0.25, -0.2) is 14.3 Å². The van der Waals surface area contributed by atoms with Gasteiger partial charge in [-0.1, -0.05) is 0 Å². The summed E-state index contributed by atoms with van der Waals surface area (Å²) < 4.78 is 23.9. The molecule has 94 valence electrons. The molecule has 1 fully saturated rings. The molecule has 0 aromatic heterocycles. The molecule has 0 radical (unpaired) electrons. The third kappa shape index (κ3) is 4.05. The second-order valence-corrected chi connectivity index (χ2v) is 5.80. The number of carbonyl (C=O) groups excluding carboxylic acids is 1. The summed E-state index contributed by atoms with van der Waals surface area (Å²) in [6.07, 6.45) is 1.56. The molecule has 1 heterocycles. The van der Waals surface area contributed by atoms with Crippen molar-refractivity contribution in [3.8, 4) is 0 Å². The lowest BCUT2D eigenvalue weighted by Gasteiger charge is -2.32. The minimum atomic E-state index is -3.08. The van der Waals surface area contributed by atoms with Crippen molar-refractivity contribution in [3.63, 3.8) is 0 Å². The molecule has 1 rings (SSSR count). The van der Waals surface area contributed by atoms with Crippen LogP contribution in [0.1, 0.15) is 6.42 Å². The van der Waals surface area contributed by atoms with Gasteiger partial charge in [-0.15, -0.1) is 0 Å². The standard InChI is InChI=1S/C8H18N4O3S/c1-16(14,15)12-6-4-11(5-7-12)3-2-8(13)10-9/h2-7,9H2,1H3,(H,10,13). The number of piperazine rings is 1. The Kier molecular flexibility index (Phi) is 4.66. The van der Waals surface area contributed by atoms with Crippen molar-refractivity contribution in [2.24, 2.45) is 5.84 Å². The van der Waals surface area contributed by atoms with Gasteiger partial charge in [0.2, 0.25) is 15.9 Å². The van der Waals surface area contributed by atoms with Crippen LogP contribution in [0.3, 0.4) is 0 Å². The van der Waals surface area contributed by atoms with Crippen LogP contribution in [0.4, 0.5) is 0 Å². The summed E-state index contributed by atoms with van der Waals surface area (Å²) in [7, 11) is -3.08. The molecular formula is C8H18N4O3S. The van der Waals surface area contributed by atoms with Gasteiger partial charge >= 0.3 is 0 Å². The molecule has 0 unspecified atom stereocenters. The van der Waals surface area contributed by atoms with E-state index in [4.69, 9.17) is 5.84 Å². The zero-order valence-corrected chi connectivity index (χ0v) is 10.2. The van der Waals surface area contributed by atoms with Crippen molar-refractivity contribution < 1.29 is 13.2 Å². The van der Waals surface area contributed by atoms with Crippen molar-refractivity contribution >= 4 is 15.9 Å². The Labute approximate surface area is 95.6 Å². The molecule has 0 bridgehead atoms. The number of sulfonamides is 1. The normalized spacial score (nSPS) is 19.6. The van der Waals surface area contributed by atoms with E-state index >= 15 is 0 Å². The number of nitrogens with two attached hydrogens (primary N) is 1. The van der Waals surface area contributed by atoms with Gasteiger partial charge < -0.3 is 4.90 Å². The largest absolute Gasteiger partial charge is 0.300 e. The van der Waals surface area contributed by atoms with Gasteiger partial charge in [0.05, 0.1) is 6.26 Å². The number of hydrogen-bond acceptors (Lipinski definition) is 5. The Morgan fingerprint density at radius 1 is 1.31 bits per heavy atom. The summed E-state index contributed by atoms with van der Waals surface area (Å²) in [5.41, 5.74) is 2.07. The predicted molar refractivity (Wildman–Crippen MR) is 59.8 cm³/mol. The molecule has 1 saturated heterocycles. The number of hydrazine groups is 1. The summed E-state index contributed by atoms with van der Waals surface area (Å²) >= 11 is 0. The highest BCUT2D eigenvalue weighted by molar-refractivity contribution is 7.88. The van der Waals surface area contributed by atoms with E-state index in [0.29, 0.717) is 39.1 Å². The fourth-order valence-corrected chi connectivity index (χ4v) is 2.44. The maximum absolute atomic E-state index is 11.2. The topological polar surface area (TPSA) is 95.7 Å². The van der Waals surface area contributed by atoms with Crippen LogP contribution in [0.15, 0.2) is 0 Å². The Morgan fingerprint density at radius 3 is 2.31 bits per heavy atom. The second kappa shape index (κ2) is 5.58. The fourth-order valence-electron chi connectivity index (χ4n) is 1.62. The average molecular weight is 250 g/mol. The first kappa shape index (κ1) is 13.4.